The van der Waals surface area contributed by atoms with Gasteiger partial charge in [0.25, 0.3) is 0 Å². The molecule has 108 valence electrons. The van der Waals surface area contributed by atoms with Gasteiger partial charge in [-0.25, -0.2) is 4.98 Å². The van der Waals surface area contributed by atoms with Gasteiger partial charge in [-0.2, -0.15) is 0 Å². The Kier molecular flexibility index (Phi) is 4.21. The molecule has 0 unspecified atom stereocenters. The Bertz CT molecular complexity index is 417. The average Bonchev–Trinajstić information content (AvgIpc) is 2.72. The summed E-state index contributed by atoms with van der Waals surface area (Å²) in [6.07, 6.45) is 4.63. The van der Waals surface area contributed by atoms with Gasteiger partial charge >= 0.3 is 0 Å². The quantitative estimate of drug-likeness (QED) is 0.916. The number of piperidine rings is 1. The number of hydrogen-bond donors (Lipinski definition) is 1. The summed E-state index contributed by atoms with van der Waals surface area (Å²) in [6.45, 7) is 14.5. The molecule has 1 N–H and O–H groups in total. The molecule has 1 saturated heterocycles. The molecular weight excluding hydrogens is 254 g/mol. The van der Waals surface area contributed by atoms with Crippen LogP contribution in [0.3, 0.4) is 0 Å². The summed E-state index contributed by atoms with van der Waals surface area (Å²) in [5.74, 6) is 0. The third-order valence-electron chi connectivity index (χ3n) is 3.51. The van der Waals surface area contributed by atoms with Crippen molar-refractivity contribution in [1.29, 1.82) is 0 Å². The second kappa shape index (κ2) is 5.41. The molecule has 0 saturated carbocycles. The molecule has 0 bridgehead atoms. The fourth-order valence-corrected chi connectivity index (χ4v) is 3.34. The molecule has 1 fully saturated rings. The van der Waals surface area contributed by atoms with Gasteiger partial charge in [0.2, 0.25) is 0 Å². The molecule has 1 aromatic heterocycles. The first-order chi connectivity index (χ1) is 8.75. The number of nitrogens with zero attached hydrogens (tertiary/aromatic N) is 2. The topological polar surface area (TPSA) is 28.2 Å². The second-order valence-corrected chi connectivity index (χ2v) is 8.50. The van der Waals surface area contributed by atoms with Crippen LogP contribution in [0.4, 0.5) is 5.13 Å². The molecule has 0 amide bonds. The van der Waals surface area contributed by atoms with Gasteiger partial charge < -0.3 is 10.2 Å². The predicted molar refractivity (Wildman–Crippen MR) is 83.9 cm³/mol. The van der Waals surface area contributed by atoms with Gasteiger partial charge in [-0.15, -0.1) is 11.3 Å². The van der Waals surface area contributed by atoms with Crippen molar-refractivity contribution in [1.82, 2.24) is 10.3 Å². The first kappa shape index (κ1) is 14.8. The summed E-state index contributed by atoms with van der Waals surface area (Å²) in [5.41, 5.74) is 0.588. The minimum Gasteiger partial charge on any atom is -0.348 e. The van der Waals surface area contributed by atoms with Gasteiger partial charge in [0.05, 0.1) is 0 Å². The van der Waals surface area contributed by atoms with Crippen molar-refractivity contribution in [2.75, 3.05) is 18.0 Å². The lowest BCUT2D eigenvalue weighted by atomic mass is 9.84. The number of hydrogen-bond acceptors (Lipinski definition) is 4. The monoisotopic (exact) mass is 281 g/mol. The number of aromatic nitrogens is 1. The van der Waals surface area contributed by atoms with Crippen LogP contribution < -0.4 is 10.2 Å². The van der Waals surface area contributed by atoms with E-state index in [1.807, 2.05) is 17.5 Å². The first-order valence-corrected chi connectivity index (χ1v) is 8.02. The largest absolute Gasteiger partial charge is 0.348 e. The molecule has 2 rings (SSSR count). The van der Waals surface area contributed by atoms with Gasteiger partial charge in [-0.3, -0.25) is 0 Å². The normalized spacial score (nSPS) is 19.7. The van der Waals surface area contributed by atoms with E-state index in [1.54, 1.807) is 0 Å². The predicted octanol–water partition coefficient (Wildman–Crippen LogP) is 3.66. The number of rotatable bonds is 3. The zero-order chi connectivity index (χ0) is 14.1. The van der Waals surface area contributed by atoms with E-state index >= 15 is 0 Å². The lowest BCUT2D eigenvalue weighted by Gasteiger charge is -2.37. The van der Waals surface area contributed by atoms with E-state index < -0.39 is 0 Å². The summed E-state index contributed by atoms with van der Waals surface area (Å²) >= 11 is 1.83. The van der Waals surface area contributed by atoms with Gasteiger partial charge in [-0.1, -0.05) is 13.8 Å². The highest BCUT2D eigenvalue weighted by Gasteiger charge is 2.27. The van der Waals surface area contributed by atoms with Crippen LogP contribution in [0, 0.1) is 5.41 Å². The molecule has 0 spiro atoms. The SMILES string of the molecule is CC1(C)CCCN(c2ncc(CNC(C)(C)C)s2)C1. The Morgan fingerprint density at radius 1 is 1.42 bits per heavy atom. The number of anilines is 1. The third kappa shape index (κ3) is 4.46. The highest BCUT2D eigenvalue weighted by molar-refractivity contribution is 7.15. The molecule has 1 aromatic rings. The van der Waals surface area contributed by atoms with E-state index in [-0.39, 0.29) is 5.54 Å². The van der Waals surface area contributed by atoms with E-state index in [9.17, 15) is 0 Å². The van der Waals surface area contributed by atoms with Crippen molar-refractivity contribution in [3.05, 3.63) is 11.1 Å². The molecule has 0 aliphatic carbocycles. The summed E-state index contributed by atoms with van der Waals surface area (Å²) in [7, 11) is 0. The maximum Gasteiger partial charge on any atom is 0.185 e. The van der Waals surface area contributed by atoms with E-state index in [2.05, 4.69) is 49.8 Å². The highest BCUT2D eigenvalue weighted by Crippen LogP contribution is 2.33. The smallest absolute Gasteiger partial charge is 0.185 e. The van der Waals surface area contributed by atoms with E-state index in [0.29, 0.717) is 5.41 Å². The molecule has 2 heterocycles. The molecule has 1 aliphatic heterocycles. The molecule has 0 atom stereocenters. The van der Waals surface area contributed by atoms with Crippen LogP contribution in [0.15, 0.2) is 6.20 Å². The maximum atomic E-state index is 4.61. The Hall–Kier alpha value is -0.610. The Balaban J connectivity index is 1.97. The summed E-state index contributed by atoms with van der Waals surface area (Å²) in [6, 6.07) is 0. The molecule has 0 aromatic carbocycles. The zero-order valence-corrected chi connectivity index (χ0v) is 13.7. The minimum absolute atomic E-state index is 0.164. The second-order valence-electron chi connectivity index (χ2n) is 7.40. The standard InChI is InChI=1S/C15H27N3S/c1-14(2,3)17-10-12-9-16-13(19-12)18-8-6-7-15(4,5)11-18/h9,17H,6-8,10-11H2,1-5H3. The number of nitrogens with one attached hydrogen (secondary N) is 1. The van der Waals surface area contributed by atoms with Gasteiger partial charge in [0, 0.05) is 36.2 Å². The van der Waals surface area contributed by atoms with Crippen LogP contribution >= 0.6 is 11.3 Å². The zero-order valence-electron chi connectivity index (χ0n) is 12.9. The lowest BCUT2D eigenvalue weighted by molar-refractivity contribution is 0.293. The van der Waals surface area contributed by atoms with E-state index in [4.69, 9.17) is 0 Å². The van der Waals surface area contributed by atoms with Gasteiger partial charge in [0.1, 0.15) is 0 Å². The first-order valence-electron chi connectivity index (χ1n) is 7.20. The van der Waals surface area contributed by atoms with Crippen molar-refractivity contribution < 1.29 is 0 Å². The molecule has 0 radical (unpaired) electrons. The van der Waals surface area contributed by atoms with Crippen molar-refractivity contribution in [3.8, 4) is 0 Å². The molecule has 4 heteroatoms. The Labute approximate surface area is 121 Å². The molecule has 3 nitrogen and oxygen atoms in total. The van der Waals surface area contributed by atoms with Crippen molar-refractivity contribution in [2.45, 2.75) is 59.5 Å². The summed E-state index contributed by atoms with van der Waals surface area (Å²) in [4.78, 5) is 8.39. The van der Waals surface area contributed by atoms with E-state index in [0.717, 1.165) is 19.6 Å². The number of thiazole rings is 1. The third-order valence-corrected chi connectivity index (χ3v) is 4.56. The van der Waals surface area contributed by atoms with Gasteiger partial charge in [0.15, 0.2) is 5.13 Å². The van der Waals surface area contributed by atoms with Crippen molar-refractivity contribution in [3.63, 3.8) is 0 Å². The molecule has 19 heavy (non-hydrogen) atoms. The van der Waals surface area contributed by atoms with Crippen molar-refractivity contribution >= 4 is 16.5 Å². The van der Waals surface area contributed by atoms with Crippen LogP contribution in [-0.4, -0.2) is 23.6 Å². The molecule has 1 aliphatic rings. The Morgan fingerprint density at radius 2 is 2.16 bits per heavy atom. The maximum absolute atomic E-state index is 4.61. The highest BCUT2D eigenvalue weighted by atomic mass is 32.1. The Morgan fingerprint density at radius 3 is 2.79 bits per heavy atom. The fraction of sp³-hybridized carbons (Fsp3) is 0.800. The minimum atomic E-state index is 0.164. The van der Waals surface area contributed by atoms with Crippen LogP contribution in [0.5, 0.6) is 0 Å². The van der Waals surface area contributed by atoms with E-state index in [1.165, 1.54) is 22.9 Å². The summed E-state index contributed by atoms with van der Waals surface area (Å²) < 4.78 is 0. The van der Waals surface area contributed by atoms with Crippen molar-refractivity contribution in [2.24, 2.45) is 5.41 Å². The van der Waals surface area contributed by atoms with Crippen LogP contribution in [-0.2, 0) is 6.54 Å². The van der Waals surface area contributed by atoms with Gasteiger partial charge in [-0.05, 0) is 39.0 Å². The van der Waals surface area contributed by atoms with Crippen LogP contribution in [0.1, 0.15) is 52.3 Å². The fourth-order valence-electron chi connectivity index (χ4n) is 2.46. The summed E-state index contributed by atoms with van der Waals surface area (Å²) in [5, 5.41) is 4.72. The van der Waals surface area contributed by atoms with Crippen LogP contribution in [0.25, 0.3) is 0 Å². The van der Waals surface area contributed by atoms with Crippen LogP contribution in [0.2, 0.25) is 0 Å². The average molecular weight is 281 g/mol. The lowest BCUT2D eigenvalue weighted by Crippen LogP contribution is -2.40. The molecular formula is C15H27N3S.